The number of aromatic nitrogens is 3. The zero-order valence-electron chi connectivity index (χ0n) is 17.5. The van der Waals surface area contributed by atoms with Crippen LogP contribution in [0, 0.1) is 26.7 Å². The SMILES string of the molecule is Cc1cc(C)c(N2C[C@H](C(=O)NCc3nnc4n3CCCCC4)CC2=O)c(C)c1. The van der Waals surface area contributed by atoms with Gasteiger partial charge in [0.1, 0.15) is 5.82 Å². The summed E-state index contributed by atoms with van der Waals surface area (Å²) in [7, 11) is 0. The lowest BCUT2D eigenvalue weighted by Crippen LogP contribution is -2.33. The number of carbonyl (C=O) groups excluding carboxylic acids is 2. The van der Waals surface area contributed by atoms with Crippen molar-refractivity contribution >= 4 is 17.5 Å². The topological polar surface area (TPSA) is 80.1 Å². The number of fused-ring (bicyclic) bond motifs is 1. The smallest absolute Gasteiger partial charge is 0.227 e. The van der Waals surface area contributed by atoms with Crippen LogP contribution in [0.25, 0.3) is 0 Å². The maximum absolute atomic E-state index is 12.8. The second-order valence-corrected chi connectivity index (χ2v) is 8.37. The maximum atomic E-state index is 12.8. The maximum Gasteiger partial charge on any atom is 0.227 e. The van der Waals surface area contributed by atoms with E-state index in [9.17, 15) is 9.59 Å². The first-order valence-corrected chi connectivity index (χ1v) is 10.5. The zero-order valence-corrected chi connectivity index (χ0v) is 17.5. The second kappa shape index (κ2) is 7.97. The van der Waals surface area contributed by atoms with E-state index in [2.05, 4.69) is 39.1 Å². The molecule has 2 aromatic rings. The van der Waals surface area contributed by atoms with E-state index in [1.807, 2.05) is 13.8 Å². The van der Waals surface area contributed by atoms with Crippen LogP contribution in [0.4, 0.5) is 5.69 Å². The summed E-state index contributed by atoms with van der Waals surface area (Å²) in [6.07, 6.45) is 4.65. The lowest BCUT2D eigenvalue weighted by Gasteiger charge is -2.22. The Hall–Kier alpha value is -2.70. The molecule has 1 atom stereocenters. The van der Waals surface area contributed by atoms with E-state index < -0.39 is 0 Å². The Morgan fingerprint density at radius 3 is 2.66 bits per heavy atom. The van der Waals surface area contributed by atoms with Gasteiger partial charge in [0.15, 0.2) is 5.82 Å². The lowest BCUT2D eigenvalue weighted by atomic mass is 10.0. The fourth-order valence-corrected chi connectivity index (χ4v) is 4.68. The molecule has 29 heavy (non-hydrogen) atoms. The van der Waals surface area contributed by atoms with Gasteiger partial charge in [-0.15, -0.1) is 10.2 Å². The number of hydrogen-bond acceptors (Lipinski definition) is 4. The molecule has 0 saturated carbocycles. The van der Waals surface area contributed by atoms with Gasteiger partial charge in [0, 0.05) is 31.6 Å². The normalized spacial score (nSPS) is 19.2. The average Bonchev–Trinajstić information content (AvgIpc) is 3.14. The van der Waals surface area contributed by atoms with E-state index in [1.165, 1.54) is 12.0 Å². The van der Waals surface area contributed by atoms with Crippen LogP contribution in [0.2, 0.25) is 0 Å². The van der Waals surface area contributed by atoms with Gasteiger partial charge in [-0.05, 0) is 44.7 Å². The fourth-order valence-electron chi connectivity index (χ4n) is 4.68. The highest BCUT2D eigenvalue weighted by Crippen LogP contribution is 2.32. The van der Waals surface area contributed by atoms with Gasteiger partial charge in [0.25, 0.3) is 0 Å². The molecule has 1 fully saturated rings. The Labute approximate surface area is 171 Å². The van der Waals surface area contributed by atoms with Crippen LogP contribution in [0.15, 0.2) is 12.1 Å². The third-order valence-corrected chi connectivity index (χ3v) is 6.01. The summed E-state index contributed by atoms with van der Waals surface area (Å²) in [5.41, 5.74) is 4.27. The molecule has 0 aliphatic carbocycles. The standard InChI is InChI=1S/C22H29N5O2/c1-14-9-15(2)21(16(3)10-14)27-13-17(11-20(27)28)22(29)23-12-19-25-24-18-7-5-4-6-8-26(18)19/h9-10,17H,4-8,11-13H2,1-3H3,(H,23,29)/t17-/m1/s1. The molecule has 0 spiro atoms. The summed E-state index contributed by atoms with van der Waals surface area (Å²) in [6.45, 7) is 7.79. The number of nitrogens with zero attached hydrogens (tertiary/aromatic N) is 4. The summed E-state index contributed by atoms with van der Waals surface area (Å²) < 4.78 is 2.14. The van der Waals surface area contributed by atoms with Gasteiger partial charge < -0.3 is 14.8 Å². The highest BCUT2D eigenvalue weighted by Gasteiger charge is 2.36. The zero-order chi connectivity index (χ0) is 20.5. The molecule has 1 aromatic heterocycles. The van der Waals surface area contributed by atoms with E-state index in [4.69, 9.17) is 0 Å². The van der Waals surface area contributed by atoms with E-state index in [0.29, 0.717) is 13.1 Å². The molecule has 0 radical (unpaired) electrons. The third kappa shape index (κ3) is 3.91. The molecular formula is C22H29N5O2. The van der Waals surface area contributed by atoms with Crippen LogP contribution in [0.3, 0.4) is 0 Å². The van der Waals surface area contributed by atoms with Crippen LogP contribution in [0.5, 0.6) is 0 Å². The monoisotopic (exact) mass is 395 g/mol. The van der Waals surface area contributed by atoms with Gasteiger partial charge in [-0.3, -0.25) is 9.59 Å². The third-order valence-electron chi connectivity index (χ3n) is 6.01. The molecular weight excluding hydrogens is 366 g/mol. The number of benzene rings is 1. The molecule has 0 unspecified atom stereocenters. The first-order valence-electron chi connectivity index (χ1n) is 10.5. The molecule has 1 saturated heterocycles. The minimum Gasteiger partial charge on any atom is -0.348 e. The molecule has 1 N–H and O–H groups in total. The molecule has 0 bridgehead atoms. The van der Waals surface area contributed by atoms with E-state index in [0.717, 1.165) is 54.3 Å². The van der Waals surface area contributed by atoms with Gasteiger partial charge in [-0.1, -0.05) is 24.1 Å². The van der Waals surface area contributed by atoms with E-state index in [1.54, 1.807) is 4.90 Å². The van der Waals surface area contributed by atoms with Crippen molar-refractivity contribution in [2.75, 3.05) is 11.4 Å². The fraction of sp³-hybridized carbons (Fsp3) is 0.545. The van der Waals surface area contributed by atoms with Crippen LogP contribution in [0.1, 0.15) is 54.0 Å². The van der Waals surface area contributed by atoms with Crippen molar-refractivity contribution in [3.63, 3.8) is 0 Å². The molecule has 7 heteroatoms. The van der Waals surface area contributed by atoms with Crippen molar-refractivity contribution in [1.82, 2.24) is 20.1 Å². The van der Waals surface area contributed by atoms with Crippen molar-refractivity contribution < 1.29 is 9.59 Å². The minimum atomic E-state index is -0.339. The quantitative estimate of drug-likeness (QED) is 0.863. The van der Waals surface area contributed by atoms with Gasteiger partial charge >= 0.3 is 0 Å². The Balaban J connectivity index is 1.42. The number of nitrogens with one attached hydrogen (secondary N) is 1. The van der Waals surface area contributed by atoms with Crippen LogP contribution in [-0.4, -0.2) is 33.1 Å². The summed E-state index contributed by atoms with van der Waals surface area (Å²) in [6, 6.07) is 4.17. The molecule has 154 valence electrons. The Bertz CT molecular complexity index is 926. The molecule has 4 rings (SSSR count). The summed E-state index contributed by atoms with van der Waals surface area (Å²) in [5, 5.41) is 11.5. The molecule has 2 aliphatic rings. The van der Waals surface area contributed by atoms with E-state index in [-0.39, 0.29) is 24.2 Å². The number of aryl methyl sites for hydroxylation is 4. The molecule has 2 amide bonds. The predicted octanol–water partition coefficient (Wildman–Crippen LogP) is 2.60. The van der Waals surface area contributed by atoms with Gasteiger partial charge in [-0.25, -0.2) is 0 Å². The van der Waals surface area contributed by atoms with Crippen molar-refractivity contribution in [2.24, 2.45) is 5.92 Å². The highest BCUT2D eigenvalue weighted by molar-refractivity contribution is 6.01. The lowest BCUT2D eigenvalue weighted by molar-refractivity contribution is -0.126. The molecule has 7 nitrogen and oxygen atoms in total. The van der Waals surface area contributed by atoms with Crippen LogP contribution >= 0.6 is 0 Å². The number of hydrogen-bond donors (Lipinski definition) is 1. The summed E-state index contributed by atoms with van der Waals surface area (Å²) in [5.74, 6) is 1.40. The number of amides is 2. The van der Waals surface area contributed by atoms with Gasteiger partial charge in [0.2, 0.25) is 11.8 Å². The van der Waals surface area contributed by atoms with Gasteiger partial charge in [-0.2, -0.15) is 0 Å². The van der Waals surface area contributed by atoms with Gasteiger partial charge in [0.05, 0.1) is 12.5 Å². The summed E-state index contributed by atoms with van der Waals surface area (Å²) in [4.78, 5) is 27.2. The number of carbonyl (C=O) groups is 2. The van der Waals surface area contributed by atoms with Crippen molar-refractivity contribution in [3.05, 3.63) is 40.5 Å². The van der Waals surface area contributed by atoms with Crippen molar-refractivity contribution in [3.8, 4) is 0 Å². The van der Waals surface area contributed by atoms with Crippen molar-refractivity contribution in [2.45, 2.75) is 66.0 Å². The molecule has 3 heterocycles. The Morgan fingerprint density at radius 1 is 1.14 bits per heavy atom. The Kier molecular flexibility index (Phi) is 5.39. The number of rotatable bonds is 4. The minimum absolute atomic E-state index is 0.0107. The summed E-state index contributed by atoms with van der Waals surface area (Å²) >= 11 is 0. The van der Waals surface area contributed by atoms with Crippen LogP contribution < -0.4 is 10.2 Å². The highest BCUT2D eigenvalue weighted by atomic mass is 16.2. The van der Waals surface area contributed by atoms with E-state index >= 15 is 0 Å². The molecule has 2 aliphatic heterocycles. The first-order chi connectivity index (χ1) is 13.9. The predicted molar refractivity (Wildman–Crippen MR) is 111 cm³/mol. The first kappa shape index (κ1) is 19.6. The average molecular weight is 396 g/mol. The molecule has 1 aromatic carbocycles. The number of anilines is 1. The Morgan fingerprint density at radius 2 is 1.90 bits per heavy atom. The van der Waals surface area contributed by atoms with Crippen molar-refractivity contribution in [1.29, 1.82) is 0 Å². The largest absolute Gasteiger partial charge is 0.348 e. The second-order valence-electron chi connectivity index (χ2n) is 8.37. The van der Waals surface area contributed by atoms with Crippen LogP contribution in [-0.2, 0) is 29.1 Å².